The van der Waals surface area contributed by atoms with Crippen LogP contribution in [-0.4, -0.2) is 38.9 Å². The van der Waals surface area contributed by atoms with E-state index in [1.54, 1.807) is 18.2 Å². The van der Waals surface area contributed by atoms with Crippen molar-refractivity contribution in [1.29, 1.82) is 0 Å². The van der Waals surface area contributed by atoms with E-state index in [1.165, 1.54) is 4.90 Å². The molecule has 2 N–H and O–H groups in total. The van der Waals surface area contributed by atoms with Crippen LogP contribution in [-0.2, 0) is 15.0 Å². The second-order valence-electron chi connectivity index (χ2n) is 8.79. The van der Waals surface area contributed by atoms with Crippen LogP contribution in [0.4, 0.5) is 5.69 Å². The van der Waals surface area contributed by atoms with Crippen molar-refractivity contribution < 1.29 is 14.7 Å². The van der Waals surface area contributed by atoms with Gasteiger partial charge in [0.15, 0.2) is 0 Å². The van der Waals surface area contributed by atoms with E-state index >= 15 is 0 Å². The zero-order valence-electron chi connectivity index (χ0n) is 16.9. The first-order valence-electron chi connectivity index (χ1n) is 10.6. The van der Waals surface area contributed by atoms with Crippen LogP contribution in [0, 0.1) is 11.8 Å². The van der Waals surface area contributed by atoms with Crippen LogP contribution < -0.4 is 4.90 Å². The van der Waals surface area contributed by atoms with Gasteiger partial charge in [0.1, 0.15) is 11.0 Å². The highest BCUT2D eigenvalue weighted by atomic mass is 16.3. The molecule has 2 bridgehead atoms. The molecule has 3 aromatic carbocycles. The number of carbonyl (C=O) groups is 2. The summed E-state index contributed by atoms with van der Waals surface area (Å²) in [7, 11) is 0. The number of aliphatic hydroxyl groups excluding tert-OH is 1. The minimum absolute atomic E-state index is 0.224. The number of anilines is 1. The highest BCUT2D eigenvalue weighted by Crippen LogP contribution is 2.64. The quantitative estimate of drug-likeness (QED) is 0.484. The van der Waals surface area contributed by atoms with Gasteiger partial charge in [0.25, 0.3) is 0 Å². The summed E-state index contributed by atoms with van der Waals surface area (Å²) >= 11 is 0. The number of H-pyrrole nitrogens is 1. The summed E-state index contributed by atoms with van der Waals surface area (Å²) in [5.74, 6) is -1.95. The van der Waals surface area contributed by atoms with E-state index in [0.29, 0.717) is 16.7 Å². The van der Waals surface area contributed by atoms with Gasteiger partial charge in [-0.25, -0.2) is 4.90 Å². The topological polar surface area (TPSA) is 99.2 Å². The van der Waals surface area contributed by atoms with Gasteiger partial charge >= 0.3 is 0 Å². The van der Waals surface area contributed by atoms with E-state index in [2.05, 4.69) is 15.4 Å². The van der Waals surface area contributed by atoms with Crippen LogP contribution in [0.1, 0.15) is 28.2 Å². The van der Waals surface area contributed by atoms with Crippen LogP contribution in [0.25, 0.3) is 11.0 Å². The van der Waals surface area contributed by atoms with Crippen molar-refractivity contribution >= 4 is 28.5 Å². The third-order valence-corrected chi connectivity index (χ3v) is 7.60. The Labute approximate surface area is 182 Å². The fourth-order valence-electron chi connectivity index (χ4n) is 6.42. The van der Waals surface area contributed by atoms with E-state index in [9.17, 15) is 14.7 Å². The van der Waals surface area contributed by atoms with Gasteiger partial charge < -0.3 is 5.11 Å². The fourth-order valence-corrected chi connectivity index (χ4v) is 6.42. The Kier molecular flexibility index (Phi) is 3.28. The molecule has 2 amide bonds. The molecule has 0 unspecified atom stereocenters. The average Bonchev–Trinajstić information content (AvgIpc) is 3.41. The summed E-state index contributed by atoms with van der Waals surface area (Å²) in [6.45, 7) is -0.246. The molecule has 2 atom stereocenters. The maximum atomic E-state index is 13.9. The van der Waals surface area contributed by atoms with Crippen molar-refractivity contribution in [2.24, 2.45) is 11.8 Å². The van der Waals surface area contributed by atoms with Gasteiger partial charge in [0.05, 0.1) is 29.5 Å². The lowest BCUT2D eigenvalue weighted by molar-refractivity contribution is -0.124. The Morgan fingerprint density at radius 3 is 2.22 bits per heavy atom. The number of fused-ring (bicyclic) bond motifs is 1. The Morgan fingerprint density at radius 1 is 0.875 bits per heavy atom. The predicted octanol–water partition coefficient (Wildman–Crippen LogP) is 2.50. The second kappa shape index (κ2) is 5.89. The van der Waals surface area contributed by atoms with Crippen molar-refractivity contribution in [2.75, 3.05) is 11.5 Å². The molecule has 0 saturated carbocycles. The zero-order chi connectivity index (χ0) is 21.6. The molecule has 4 aromatic rings. The third-order valence-electron chi connectivity index (χ3n) is 7.60. The van der Waals surface area contributed by atoms with Gasteiger partial charge in [-0.1, -0.05) is 48.5 Å². The van der Waals surface area contributed by atoms with Crippen molar-refractivity contribution in [1.82, 2.24) is 15.4 Å². The number of rotatable bonds is 2. The fraction of sp³-hybridized carbons (Fsp3) is 0.200. The maximum absolute atomic E-state index is 13.9. The molecular formula is C25H18N4O3. The van der Waals surface area contributed by atoms with E-state index in [-0.39, 0.29) is 24.3 Å². The summed E-state index contributed by atoms with van der Waals surface area (Å²) in [6.07, 6.45) is 0. The summed E-state index contributed by atoms with van der Waals surface area (Å²) < 4.78 is 0. The largest absolute Gasteiger partial charge is 0.395 e. The predicted molar refractivity (Wildman–Crippen MR) is 116 cm³/mol. The number of nitrogens with zero attached hydrogens (tertiary/aromatic N) is 3. The minimum Gasteiger partial charge on any atom is -0.395 e. The van der Waals surface area contributed by atoms with Gasteiger partial charge in [-0.15, -0.1) is 0 Å². The van der Waals surface area contributed by atoms with Crippen LogP contribution in [0.2, 0.25) is 0 Å². The molecule has 1 fully saturated rings. The molecule has 32 heavy (non-hydrogen) atoms. The molecule has 1 aromatic heterocycles. The van der Waals surface area contributed by atoms with Crippen LogP contribution in [0.15, 0.2) is 66.7 Å². The lowest BCUT2D eigenvalue weighted by Gasteiger charge is -2.53. The van der Waals surface area contributed by atoms with Crippen molar-refractivity contribution in [3.8, 4) is 0 Å². The number of amides is 2. The first-order chi connectivity index (χ1) is 15.7. The van der Waals surface area contributed by atoms with Gasteiger partial charge in [-0.05, 0) is 40.5 Å². The number of hydrogen-bond acceptors (Lipinski definition) is 5. The van der Waals surface area contributed by atoms with Gasteiger partial charge in [0, 0.05) is 5.92 Å². The summed E-state index contributed by atoms with van der Waals surface area (Å²) in [4.78, 5) is 29.1. The van der Waals surface area contributed by atoms with Crippen LogP contribution in [0.3, 0.4) is 0 Å². The normalized spacial score (nSPS) is 27.5. The Bertz CT molecular complexity index is 1410. The van der Waals surface area contributed by atoms with Crippen molar-refractivity contribution in [2.45, 2.75) is 11.3 Å². The monoisotopic (exact) mass is 422 g/mol. The summed E-state index contributed by atoms with van der Waals surface area (Å²) in [5, 5.41) is 21.6. The van der Waals surface area contributed by atoms with Crippen LogP contribution in [0.5, 0.6) is 0 Å². The van der Waals surface area contributed by atoms with Crippen LogP contribution >= 0.6 is 0 Å². The standard InChI is InChI=1S/C25H18N4O3/c30-12-25-16-7-3-1-5-14(16)20(15-6-2-4-8-17(15)25)21-22(25)24(32)29(23(21)31)13-9-10-18-19(11-13)27-28-26-18/h1-11,20-22,30H,12H2,(H,26,27,28)/t20?,21-,22+,25?/m0/s1. The molecule has 156 valence electrons. The molecule has 7 nitrogen and oxygen atoms in total. The summed E-state index contributed by atoms with van der Waals surface area (Å²) in [5.41, 5.74) is 4.72. The molecule has 0 radical (unpaired) electrons. The zero-order valence-corrected chi connectivity index (χ0v) is 16.9. The number of benzene rings is 3. The lowest BCUT2D eigenvalue weighted by Crippen LogP contribution is -2.55. The number of aromatic amines is 1. The SMILES string of the molecule is O=C1[C@H]2C3c4ccccc4C(CO)(c4ccccc43)[C@H]2C(=O)N1c1ccc2n[nH]nc2c1. The van der Waals surface area contributed by atoms with Crippen molar-refractivity contribution in [3.63, 3.8) is 0 Å². The lowest BCUT2D eigenvalue weighted by atomic mass is 9.47. The number of imide groups is 1. The highest BCUT2D eigenvalue weighted by Gasteiger charge is 2.68. The molecule has 1 saturated heterocycles. The average molecular weight is 422 g/mol. The number of nitrogens with one attached hydrogen (secondary N) is 1. The van der Waals surface area contributed by atoms with Gasteiger partial charge in [-0.2, -0.15) is 15.4 Å². The number of aliphatic hydroxyl groups is 1. The van der Waals surface area contributed by atoms with Gasteiger partial charge in [-0.3, -0.25) is 9.59 Å². The molecule has 7 heteroatoms. The molecule has 1 aliphatic heterocycles. The van der Waals surface area contributed by atoms with Gasteiger partial charge in [0.2, 0.25) is 11.8 Å². The van der Waals surface area contributed by atoms with E-state index in [0.717, 1.165) is 22.3 Å². The molecule has 4 aliphatic rings. The highest BCUT2D eigenvalue weighted by molar-refractivity contribution is 6.24. The molecule has 3 aliphatic carbocycles. The van der Waals surface area contributed by atoms with Crippen molar-refractivity contribution in [3.05, 3.63) is 89.0 Å². The van der Waals surface area contributed by atoms with E-state index in [4.69, 9.17) is 0 Å². The van der Waals surface area contributed by atoms with E-state index in [1.807, 2.05) is 48.5 Å². The smallest absolute Gasteiger partial charge is 0.239 e. The molecular weight excluding hydrogens is 404 g/mol. The Hall–Kier alpha value is -3.84. The third kappa shape index (κ3) is 1.87. The first kappa shape index (κ1) is 17.8. The second-order valence-corrected chi connectivity index (χ2v) is 8.79. The minimum atomic E-state index is -0.952. The van der Waals surface area contributed by atoms with E-state index < -0.39 is 17.3 Å². The Balaban J connectivity index is 1.49. The molecule has 2 heterocycles. The maximum Gasteiger partial charge on any atom is 0.239 e. The molecule has 0 spiro atoms. The first-order valence-corrected chi connectivity index (χ1v) is 10.6. The Morgan fingerprint density at radius 2 is 1.53 bits per heavy atom. The number of hydrogen-bond donors (Lipinski definition) is 2. The molecule has 8 rings (SSSR count). The number of carbonyl (C=O) groups excluding carboxylic acids is 2. The summed E-state index contributed by atoms with van der Waals surface area (Å²) in [6, 6.07) is 21.0. The number of aromatic nitrogens is 3.